The van der Waals surface area contributed by atoms with Gasteiger partial charge in [0.05, 0.1) is 0 Å². The molecule has 2 atom stereocenters. The first kappa shape index (κ1) is 17.8. The number of piperidine rings is 1. The molecule has 5 heteroatoms. The second-order valence-electron chi connectivity index (χ2n) is 5.98. The molecule has 1 saturated heterocycles. The van der Waals surface area contributed by atoms with Crippen molar-refractivity contribution in [1.29, 1.82) is 0 Å². The van der Waals surface area contributed by atoms with Crippen LogP contribution in [0.1, 0.15) is 65.2 Å². The van der Waals surface area contributed by atoms with Gasteiger partial charge in [-0.2, -0.15) is 0 Å². The minimum absolute atomic E-state index is 0.0506. The van der Waals surface area contributed by atoms with E-state index in [1.165, 1.54) is 6.42 Å². The predicted molar refractivity (Wildman–Crippen MR) is 83.3 cm³/mol. The van der Waals surface area contributed by atoms with Gasteiger partial charge in [-0.25, -0.2) is 4.79 Å². The van der Waals surface area contributed by atoms with E-state index in [1.807, 2.05) is 4.90 Å². The highest BCUT2D eigenvalue weighted by atomic mass is 16.4. The quantitative estimate of drug-likeness (QED) is 0.722. The van der Waals surface area contributed by atoms with E-state index in [4.69, 9.17) is 5.11 Å². The highest BCUT2D eigenvalue weighted by Gasteiger charge is 2.24. The number of rotatable bonds is 8. The first-order chi connectivity index (χ1) is 10.1. The molecule has 21 heavy (non-hydrogen) atoms. The van der Waals surface area contributed by atoms with E-state index in [0.717, 1.165) is 38.6 Å². The first-order valence-electron chi connectivity index (χ1n) is 8.34. The maximum atomic E-state index is 12.2. The van der Waals surface area contributed by atoms with Crippen LogP contribution in [0.25, 0.3) is 0 Å². The smallest absolute Gasteiger partial charge is 0.317 e. The van der Waals surface area contributed by atoms with Crippen LogP contribution in [0.3, 0.4) is 0 Å². The van der Waals surface area contributed by atoms with Gasteiger partial charge in [0.25, 0.3) is 0 Å². The van der Waals surface area contributed by atoms with Gasteiger partial charge in [-0.3, -0.25) is 4.79 Å². The molecule has 2 amide bonds. The summed E-state index contributed by atoms with van der Waals surface area (Å²) in [5.41, 5.74) is 0. The van der Waals surface area contributed by atoms with Crippen molar-refractivity contribution in [3.63, 3.8) is 0 Å². The molecule has 122 valence electrons. The number of urea groups is 1. The Labute approximate surface area is 128 Å². The SMILES string of the molecule is CCC(CCNC(=O)N1CCCCC1CC)CCC(=O)O. The van der Waals surface area contributed by atoms with Crippen molar-refractivity contribution in [3.8, 4) is 0 Å². The van der Waals surface area contributed by atoms with Gasteiger partial charge in [0, 0.05) is 25.6 Å². The van der Waals surface area contributed by atoms with Crippen molar-refractivity contribution in [2.45, 2.75) is 71.3 Å². The highest BCUT2D eigenvalue weighted by Crippen LogP contribution is 2.19. The lowest BCUT2D eigenvalue weighted by molar-refractivity contribution is -0.137. The molecule has 0 radical (unpaired) electrons. The van der Waals surface area contributed by atoms with Crippen molar-refractivity contribution in [3.05, 3.63) is 0 Å². The van der Waals surface area contributed by atoms with Crippen LogP contribution in [0.5, 0.6) is 0 Å². The molecule has 2 unspecified atom stereocenters. The van der Waals surface area contributed by atoms with Crippen LogP contribution in [0.2, 0.25) is 0 Å². The summed E-state index contributed by atoms with van der Waals surface area (Å²) >= 11 is 0. The molecule has 1 heterocycles. The molecule has 1 aliphatic heterocycles. The number of likely N-dealkylation sites (tertiary alicyclic amines) is 1. The number of hydrogen-bond acceptors (Lipinski definition) is 2. The number of nitrogens with zero attached hydrogens (tertiary/aromatic N) is 1. The monoisotopic (exact) mass is 298 g/mol. The maximum Gasteiger partial charge on any atom is 0.317 e. The van der Waals surface area contributed by atoms with E-state index in [9.17, 15) is 9.59 Å². The normalized spacial score (nSPS) is 20.1. The summed E-state index contributed by atoms with van der Waals surface area (Å²) in [6, 6.07) is 0.433. The third kappa shape index (κ3) is 6.36. The number of carboxylic acids is 1. The van der Waals surface area contributed by atoms with E-state index in [-0.39, 0.29) is 12.5 Å². The molecular formula is C16H30N2O3. The Bertz CT molecular complexity index is 333. The number of nitrogens with one attached hydrogen (secondary N) is 1. The molecule has 0 aromatic heterocycles. The fourth-order valence-corrected chi connectivity index (χ4v) is 3.06. The fourth-order valence-electron chi connectivity index (χ4n) is 3.06. The predicted octanol–water partition coefficient (Wildman–Crippen LogP) is 3.24. The van der Waals surface area contributed by atoms with Crippen molar-refractivity contribution < 1.29 is 14.7 Å². The Kier molecular flexibility index (Phi) is 8.16. The standard InChI is InChI=1S/C16H30N2O3/c1-3-13(8-9-15(19)20)10-11-17-16(21)18-12-6-5-7-14(18)4-2/h13-14H,3-12H2,1-2H3,(H,17,21)(H,19,20). The third-order valence-electron chi connectivity index (χ3n) is 4.53. The number of aliphatic carboxylic acids is 1. The molecule has 0 aromatic rings. The van der Waals surface area contributed by atoms with Crippen LogP contribution in [0.15, 0.2) is 0 Å². The van der Waals surface area contributed by atoms with Crippen molar-refractivity contribution >= 4 is 12.0 Å². The number of carbonyl (C=O) groups excluding carboxylic acids is 1. The van der Waals surface area contributed by atoms with Gasteiger partial charge < -0.3 is 15.3 Å². The van der Waals surface area contributed by atoms with E-state index in [2.05, 4.69) is 19.2 Å². The average Bonchev–Trinajstić information content (AvgIpc) is 2.50. The van der Waals surface area contributed by atoms with Crippen LogP contribution < -0.4 is 5.32 Å². The van der Waals surface area contributed by atoms with Gasteiger partial charge in [-0.1, -0.05) is 20.3 Å². The van der Waals surface area contributed by atoms with Crippen molar-refractivity contribution in [2.75, 3.05) is 13.1 Å². The van der Waals surface area contributed by atoms with Crippen molar-refractivity contribution in [2.24, 2.45) is 5.92 Å². The van der Waals surface area contributed by atoms with E-state index in [1.54, 1.807) is 0 Å². The number of carbonyl (C=O) groups is 2. The van der Waals surface area contributed by atoms with Gasteiger partial charge in [0.2, 0.25) is 0 Å². The average molecular weight is 298 g/mol. The summed E-state index contributed by atoms with van der Waals surface area (Å²) in [5.74, 6) is -0.360. The van der Waals surface area contributed by atoms with Crippen LogP contribution >= 0.6 is 0 Å². The number of hydrogen-bond donors (Lipinski definition) is 2. The van der Waals surface area contributed by atoms with E-state index in [0.29, 0.717) is 24.9 Å². The van der Waals surface area contributed by atoms with E-state index >= 15 is 0 Å². The van der Waals surface area contributed by atoms with E-state index < -0.39 is 5.97 Å². The first-order valence-corrected chi connectivity index (χ1v) is 8.34. The number of amides is 2. The Morgan fingerprint density at radius 2 is 2.05 bits per heavy atom. The zero-order valence-electron chi connectivity index (χ0n) is 13.4. The summed E-state index contributed by atoms with van der Waals surface area (Å²) in [7, 11) is 0. The molecular weight excluding hydrogens is 268 g/mol. The molecule has 1 rings (SSSR count). The maximum absolute atomic E-state index is 12.2. The Morgan fingerprint density at radius 3 is 2.67 bits per heavy atom. The van der Waals surface area contributed by atoms with Gasteiger partial charge in [0.15, 0.2) is 0 Å². The molecule has 2 N–H and O–H groups in total. The molecule has 0 bridgehead atoms. The van der Waals surface area contributed by atoms with Crippen LogP contribution in [0, 0.1) is 5.92 Å². The molecule has 5 nitrogen and oxygen atoms in total. The Morgan fingerprint density at radius 1 is 1.29 bits per heavy atom. The molecule has 0 aromatic carbocycles. The topological polar surface area (TPSA) is 69.6 Å². The molecule has 0 aliphatic carbocycles. The molecule has 1 fully saturated rings. The highest BCUT2D eigenvalue weighted by molar-refractivity contribution is 5.74. The van der Waals surface area contributed by atoms with Crippen LogP contribution in [-0.4, -0.2) is 41.1 Å². The second kappa shape index (κ2) is 9.64. The Balaban J connectivity index is 2.29. The fraction of sp³-hybridized carbons (Fsp3) is 0.875. The molecule has 0 spiro atoms. The second-order valence-corrected chi connectivity index (χ2v) is 5.98. The lowest BCUT2D eigenvalue weighted by atomic mass is 9.96. The van der Waals surface area contributed by atoms with Gasteiger partial charge in [-0.05, 0) is 44.4 Å². The van der Waals surface area contributed by atoms with Gasteiger partial charge in [-0.15, -0.1) is 0 Å². The Hall–Kier alpha value is -1.26. The lowest BCUT2D eigenvalue weighted by Crippen LogP contribution is -2.48. The minimum atomic E-state index is -0.739. The van der Waals surface area contributed by atoms with Gasteiger partial charge in [0.1, 0.15) is 0 Å². The van der Waals surface area contributed by atoms with Crippen LogP contribution in [0.4, 0.5) is 4.79 Å². The zero-order valence-corrected chi connectivity index (χ0v) is 13.4. The van der Waals surface area contributed by atoms with Crippen molar-refractivity contribution in [1.82, 2.24) is 10.2 Å². The number of carboxylic acid groups (broad SMARTS) is 1. The summed E-state index contributed by atoms with van der Waals surface area (Å²) in [4.78, 5) is 24.8. The lowest BCUT2D eigenvalue weighted by Gasteiger charge is -2.35. The summed E-state index contributed by atoms with van der Waals surface area (Å²) < 4.78 is 0. The van der Waals surface area contributed by atoms with Gasteiger partial charge >= 0.3 is 12.0 Å². The zero-order chi connectivity index (χ0) is 15.7. The largest absolute Gasteiger partial charge is 0.481 e. The summed E-state index contributed by atoms with van der Waals surface area (Å²) in [5, 5.41) is 11.7. The molecule has 1 aliphatic rings. The third-order valence-corrected chi connectivity index (χ3v) is 4.53. The summed E-state index contributed by atoms with van der Waals surface area (Å²) in [6.07, 6.45) is 7.18. The summed E-state index contributed by atoms with van der Waals surface area (Å²) in [6.45, 7) is 5.71. The minimum Gasteiger partial charge on any atom is -0.481 e. The molecule has 0 saturated carbocycles. The van der Waals surface area contributed by atoms with Crippen LogP contribution in [-0.2, 0) is 4.79 Å².